The Labute approximate surface area is 192 Å². The summed E-state index contributed by atoms with van der Waals surface area (Å²) in [4.78, 5) is 15.2. The first-order chi connectivity index (χ1) is 14.8. The minimum Gasteiger partial charge on any atom is -0.420 e. The summed E-state index contributed by atoms with van der Waals surface area (Å²) in [6.07, 6.45) is -5.04. The number of alkyl halides is 3. The highest BCUT2D eigenvalue weighted by Gasteiger charge is 2.41. The largest absolute Gasteiger partial charge is 0.491 e. The number of nitrogens with one attached hydrogen (secondary N) is 1. The van der Waals surface area contributed by atoms with Crippen molar-refractivity contribution in [1.29, 1.82) is 0 Å². The molecule has 0 radical (unpaired) electrons. The number of rotatable bonds is 8. The average Bonchev–Trinajstić information content (AvgIpc) is 2.66. The molecular weight excluding hydrogens is 437 g/mol. The zero-order chi connectivity index (χ0) is 24.1. The Bertz CT molecular complexity index is 907. The number of hydrogen-bond acceptors (Lipinski definition) is 5. The molecule has 1 unspecified atom stereocenters. The fourth-order valence-electron chi connectivity index (χ4n) is 3.07. The third kappa shape index (κ3) is 8.15. The zero-order valence-corrected chi connectivity index (χ0v) is 20.2. The van der Waals surface area contributed by atoms with Gasteiger partial charge in [0.1, 0.15) is 5.75 Å². The Morgan fingerprint density at radius 2 is 1.72 bits per heavy atom. The summed E-state index contributed by atoms with van der Waals surface area (Å²) >= 11 is 1.52. The molecule has 0 aromatic heterocycles. The fourth-order valence-corrected chi connectivity index (χ4v) is 3.99. The standard InChI is InChI=1S/C24H31F3N2O2S/c1-16(15-29(5)6)28-14-17-13-19(31-22(30)24(25,26)27)9-12-21(17)32-20-10-7-18(8-11-20)23(2,3)4/h7-13,16,28H,14-15H2,1-6H3. The van der Waals surface area contributed by atoms with Crippen molar-refractivity contribution in [3.8, 4) is 5.75 Å². The highest BCUT2D eigenvalue weighted by molar-refractivity contribution is 7.99. The van der Waals surface area contributed by atoms with Gasteiger partial charge in [-0.15, -0.1) is 0 Å². The second kappa shape index (κ2) is 10.7. The summed E-state index contributed by atoms with van der Waals surface area (Å²) in [6.45, 7) is 9.71. The van der Waals surface area contributed by atoms with Crippen LogP contribution in [0.5, 0.6) is 5.75 Å². The molecule has 0 heterocycles. The Morgan fingerprint density at radius 3 is 2.25 bits per heavy atom. The lowest BCUT2D eigenvalue weighted by Gasteiger charge is -2.20. The monoisotopic (exact) mass is 468 g/mol. The molecule has 1 atom stereocenters. The van der Waals surface area contributed by atoms with Crippen LogP contribution in [0, 0.1) is 0 Å². The van der Waals surface area contributed by atoms with Gasteiger partial charge >= 0.3 is 12.1 Å². The van der Waals surface area contributed by atoms with Crippen molar-refractivity contribution in [3.05, 3.63) is 53.6 Å². The van der Waals surface area contributed by atoms with E-state index in [1.54, 1.807) is 6.07 Å². The summed E-state index contributed by atoms with van der Waals surface area (Å²) in [7, 11) is 3.94. The molecule has 1 N–H and O–H groups in total. The molecule has 2 aromatic rings. The van der Waals surface area contributed by atoms with Gasteiger partial charge in [-0.2, -0.15) is 13.2 Å². The molecule has 0 saturated carbocycles. The number of esters is 1. The maximum absolute atomic E-state index is 12.6. The third-order valence-electron chi connectivity index (χ3n) is 4.70. The van der Waals surface area contributed by atoms with Crippen molar-refractivity contribution in [1.82, 2.24) is 10.2 Å². The van der Waals surface area contributed by atoms with Gasteiger partial charge in [-0.05, 0) is 67.9 Å². The van der Waals surface area contributed by atoms with Crippen molar-refractivity contribution < 1.29 is 22.7 Å². The summed E-state index contributed by atoms with van der Waals surface area (Å²) in [6, 6.07) is 13.0. The molecule has 4 nitrogen and oxygen atoms in total. The Kier molecular flexibility index (Phi) is 8.79. The number of likely N-dealkylation sites (N-methyl/N-ethyl adjacent to an activating group) is 1. The molecule has 0 aliphatic rings. The Balaban J connectivity index is 2.26. The normalized spacial score (nSPS) is 13.3. The van der Waals surface area contributed by atoms with Gasteiger partial charge < -0.3 is 15.0 Å². The average molecular weight is 469 g/mol. The minimum atomic E-state index is -5.04. The van der Waals surface area contributed by atoms with E-state index in [0.29, 0.717) is 6.54 Å². The van der Waals surface area contributed by atoms with Crippen LogP contribution >= 0.6 is 11.8 Å². The summed E-state index contributed by atoms with van der Waals surface area (Å²) < 4.78 is 42.3. The van der Waals surface area contributed by atoms with Crippen LogP contribution in [0.15, 0.2) is 52.3 Å². The second-order valence-electron chi connectivity index (χ2n) is 9.08. The molecule has 2 aromatic carbocycles. The summed E-state index contributed by atoms with van der Waals surface area (Å²) in [5.74, 6) is -2.35. The van der Waals surface area contributed by atoms with Gasteiger partial charge in [0.15, 0.2) is 0 Å². The molecule has 0 aliphatic heterocycles. The SMILES string of the molecule is CC(CN(C)C)NCc1cc(OC(=O)C(F)(F)F)ccc1Sc1ccc(C(C)(C)C)cc1. The summed E-state index contributed by atoms with van der Waals surface area (Å²) in [5.41, 5.74) is 2.02. The van der Waals surface area contributed by atoms with E-state index >= 15 is 0 Å². The highest BCUT2D eigenvalue weighted by Crippen LogP contribution is 2.34. The van der Waals surface area contributed by atoms with Gasteiger partial charge in [-0.3, -0.25) is 0 Å². The second-order valence-corrected chi connectivity index (χ2v) is 10.2. The molecule has 0 saturated heterocycles. The predicted octanol–water partition coefficient (Wildman–Crippen LogP) is 5.64. The van der Waals surface area contributed by atoms with Crippen LogP contribution in [0.1, 0.15) is 38.8 Å². The molecule has 176 valence electrons. The molecule has 0 fully saturated rings. The highest BCUT2D eigenvalue weighted by atomic mass is 32.2. The van der Waals surface area contributed by atoms with Gasteiger partial charge in [0.25, 0.3) is 0 Å². The Hall–Kier alpha value is -2.03. The van der Waals surface area contributed by atoms with Crippen LogP contribution in [-0.4, -0.2) is 43.7 Å². The molecule has 2 rings (SSSR count). The van der Waals surface area contributed by atoms with E-state index in [-0.39, 0.29) is 17.2 Å². The van der Waals surface area contributed by atoms with Crippen LogP contribution in [0.25, 0.3) is 0 Å². The van der Waals surface area contributed by atoms with Gasteiger partial charge in [0.2, 0.25) is 0 Å². The van der Waals surface area contributed by atoms with Crippen LogP contribution in [-0.2, 0) is 16.8 Å². The van der Waals surface area contributed by atoms with E-state index < -0.39 is 12.1 Å². The van der Waals surface area contributed by atoms with Crippen LogP contribution < -0.4 is 10.1 Å². The number of nitrogens with zero attached hydrogens (tertiary/aromatic N) is 1. The lowest BCUT2D eigenvalue weighted by molar-refractivity contribution is -0.189. The van der Waals surface area contributed by atoms with E-state index in [9.17, 15) is 18.0 Å². The van der Waals surface area contributed by atoms with E-state index in [1.807, 2.05) is 38.1 Å². The predicted molar refractivity (Wildman–Crippen MR) is 122 cm³/mol. The molecule has 0 bridgehead atoms. The van der Waals surface area contributed by atoms with E-state index in [0.717, 1.165) is 21.9 Å². The topological polar surface area (TPSA) is 41.6 Å². The molecule has 8 heteroatoms. The van der Waals surface area contributed by atoms with E-state index in [4.69, 9.17) is 0 Å². The smallest absolute Gasteiger partial charge is 0.420 e. The van der Waals surface area contributed by atoms with Crippen molar-refractivity contribution in [2.75, 3.05) is 20.6 Å². The maximum Gasteiger partial charge on any atom is 0.491 e. The third-order valence-corrected chi connectivity index (χ3v) is 5.83. The van der Waals surface area contributed by atoms with Crippen molar-refractivity contribution in [3.63, 3.8) is 0 Å². The van der Waals surface area contributed by atoms with Crippen molar-refractivity contribution in [2.24, 2.45) is 0 Å². The lowest BCUT2D eigenvalue weighted by Crippen LogP contribution is -2.35. The van der Waals surface area contributed by atoms with Gasteiger partial charge in [-0.25, -0.2) is 4.79 Å². The Morgan fingerprint density at radius 1 is 1.09 bits per heavy atom. The minimum absolute atomic E-state index is 0.0465. The lowest BCUT2D eigenvalue weighted by atomic mass is 9.87. The number of halogens is 3. The van der Waals surface area contributed by atoms with Gasteiger partial charge in [0.05, 0.1) is 0 Å². The first-order valence-corrected chi connectivity index (χ1v) is 11.2. The molecular formula is C24H31F3N2O2S. The van der Waals surface area contributed by atoms with Gasteiger partial charge in [0, 0.05) is 28.9 Å². The number of carbonyl (C=O) groups excluding carboxylic acids is 1. The zero-order valence-electron chi connectivity index (χ0n) is 19.3. The molecule has 0 aliphatic carbocycles. The fraction of sp³-hybridized carbons (Fsp3) is 0.458. The van der Waals surface area contributed by atoms with E-state index in [2.05, 4.69) is 43.0 Å². The van der Waals surface area contributed by atoms with Crippen molar-refractivity contribution in [2.45, 2.75) is 61.7 Å². The molecule has 0 spiro atoms. The molecule has 32 heavy (non-hydrogen) atoms. The van der Waals surface area contributed by atoms with Crippen molar-refractivity contribution >= 4 is 17.7 Å². The van der Waals surface area contributed by atoms with Crippen LogP contribution in [0.2, 0.25) is 0 Å². The first kappa shape index (κ1) is 26.2. The van der Waals surface area contributed by atoms with Crippen LogP contribution in [0.4, 0.5) is 13.2 Å². The van der Waals surface area contributed by atoms with Crippen LogP contribution in [0.3, 0.4) is 0 Å². The first-order valence-electron chi connectivity index (χ1n) is 10.3. The molecule has 0 amide bonds. The van der Waals surface area contributed by atoms with E-state index in [1.165, 1.54) is 29.5 Å². The number of ether oxygens (including phenoxy) is 1. The summed E-state index contributed by atoms with van der Waals surface area (Å²) in [5, 5.41) is 3.38. The number of benzene rings is 2. The van der Waals surface area contributed by atoms with Gasteiger partial charge in [-0.1, -0.05) is 44.7 Å². The number of hydrogen-bond donors (Lipinski definition) is 1. The quantitative estimate of drug-likeness (QED) is 0.401. The maximum atomic E-state index is 12.6. The number of carbonyl (C=O) groups is 1.